The van der Waals surface area contributed by atoms with Crippen LogP contribution in [0, 0.1) is 11.7 Å². The van der Waals surface area contributed by atoms with Gasteiger partial charge >= 0.3 is 0 Å². The fourth-order valence-electron chi connectivity index (χ4n) is 3.70. The Balaban J connectivity index is 1.69. The molecule has 0 bridgehead atoms. The lowest BCUT2D eigenvalue weighted by Crippen LogP contribution is -2.31. The summed E-state index contributed by atoms with van der Waals surface area (Å²) in [4.78, 5) is 27.1. The van der Waals surface area contributed by atoms with Gasteiger partial charge < -0.3 is 10.2 Å². The van der Waals surface area contributed by atoms with E-state index in [1.54, 1.807) is 11.0 Å². The number of nitrogens with one attached hydrogen (secondary N) is 1. The standard InChI is InChI=1S/C28H31FN2O2/c1-20(2)16-28(33)31(19-23-8-7-11-25(29)17-23)26-14-12-22(13-15-26)18-27(32)30-21(3)24-9-5-4-6-10-24/h4-15,17,20-21H,16,18-19H2,1-3H3,(H,30,32)/t21-/m1/s1. The van der Waals surface area contributed by atoms with Gasteiger partial charge in [-0.15, -0.1) is 0 Å². The fourth-order valence-corrected chi connectivity index (χ4v) is 3.70. The van der Waals surface area contributed by atoms with Gasteiger partial charge in [0, 0.05) is 12.1 Å². The lowest BCUT2D eigenvalue weighted by Gasteiger charge is -2.24. The molecule has 0 aliphatic carbocycles. The third-order valence-electron chi connectivity index (χ3n) is 5.40. The molecule has 1 atom stereocenters. The molecule has 0 saturated heterocycles. The average Bonchev–Trinajstić information content (AvgIpc) is 2.78. The Bertz CT molecular complexity index is 1060. The Morgan fingerprint density at radius 3 is 2.21 bits per heavy atom. The van der Waals surface area contributed by atoms with E-state index in [0.29, 0.717) is 6.42 Å². The molecule has 1 N–H and O–H groups in total. The van der Waals surface area contributed by atoms with Gasteiger partial charge in [0.2, 0.25) is 11.8 Å². The second kappa shape index (κ2) is 11.4. The van der Waals surface area contributed by atoms with Gasteiger partial charge in [0.05, 0.1) is 19.0 Å². The van der Waals surface area contributed by atoms with E-state index in [9.17, 15) is 14.0 Å². The van der Waals surface area contributed by atoms with Crippen molar-refractivity contribution < 1.29 is 14.0 Å². The molecule has 0 saturated carbocycles. The summed E-state index contributed by atoms with van der Waals surface area (Å²) < 4.78 is 13.7. The van der Waals surface area contributed by atoms with E-state index in [-0.39, 0.29) is 42.6 Å². The SMILES string of the molecule is CC(C)CC(=O)N(Cc1cccc(F)c1)c1ccc(CC(=O)N[C@H](C)c2ccccc2)cc1. The summed E-state index contributed by atoms with van der Waals surface area (Å²) in [5, 5.41) is 3.02. The van der Waals surface area contributed by atoms with Crippen LogP contribution in [0.25, 0.3) is 0 Å². The quantitative estimate of drug-likeness (QED) is 0.450. The first kappa shape index (κ1) is 24.2. The number of rotatable bonds is 9. The van der Waals surface area contributed by atoms with Crippen molar-refractivity contribution in [3.05, 3.63) is 101 Å². The van der Waals surface area contributed by atoms with Gasteiger partial charge in [-0.3, -0.25) is 9.59 Å². The summed E-state index contributed by atoms with van der Waals surface area (Å²) in [5.74, 6) is -0.194. The average molecular weight is 447 g/mol. The molecule has 0 spiro atoms. The van der Waals surface area contributed by atoms with Gasteiger partial charge in [0.25, 0.3) is 0 Å². The van der Waals surface area contributed by atoms with Crippen LogP contribution >= 0.6 is 0 Å². The first-order valence-electron chi connectivity index (χ1n) is 11.3. The number of amides is 2. The van der Waals surface area contributed by atoms with Crippen LogP contribution in [-0.2, 0) is 22.6 Å². The number of hydrogen-bond donors (Lipinski definition) is 1. The zero-order valence-electron chi connectivity index (χ0n) is 19.4. The van der Waals surface area contributed by atoms with Crippen LogP contribution in [0.4, 0.5) is 10.1 Å². The maximum Gasteiger partial charge on any atom is 0.227 e. The number of benzene rings is 3. The van der Waals surface area contributed by atoms with E-state index in [2.05, 4.69) is 5.32 Å². The van der Waals surface area contributed by atoms with Crippen LogP contribution in [0.3, 0.4) is 0 Å². The monoisotopic (exact) mass is 446 g/mol. The molecule has 172 valence electrons. The van der Waals surface area contributed by atoms with Crippen LogP contribution in [0.1, 0.15) is 49.9 Å². The summed E-state index contributed by atoms with van der Waals surface area (Å²) in [6.45, 7) is 6.24. The molecule has 0 unspecified atom stereocenters. The molecule has 4 nitrogen and oxygen atoms in total. The molecular formula is C28H31FN2O2. The molecule has 3 aromatic carbocycles. The highest BCUT2D eigenvalue weighted by molar-refractivity contribution is 5.93. The fraction of sp³-hybridized carbons (Fsp3) is 0.286. The van der Waals surface area contributed by atoms with Gasteiger partial charge in [0.15, 0.2) is 0 Å². The third kappa shape index (κ3) is 7.28. The Kier molecular flexibility index (Phi) is 8.36. The smallest absolute Gasteiger partial charge is 0.227 e. The molecule has 3 rings (SSSR count). The highest BCUT2D eigenvalue weighted by Crippen LogP contribution is 2.22. The number of hydrogen-bond acceptors (Lipinski definition) is 2. The van der Waals surface area contributed by atoms with E-state index in [0.717, 1.165) is 22.4 Å². The number of carbonyl (C=O) groups excluding carboxylic acids is 2. The van der Waals surface area contributed by atoms with Crippen LogP contribution in [0.2, 0.25) is 0 Å². The Morgan fingerprint density at radius 1 is 0.879 bits per heavy atom. The van der Waals surface area contributed by atoms with Crippen molar-refractivity contribution in [2.75, 3.05) is 4.90 Å². The van der Waals surface area contributed by atoms with Crippen molar-refractivity contribution in [3.8, 4) is 0 Å². The van der Waals surface area contributed by atoms with Crippen LogP contribution in [0.15, 0.2) is 78.9 Å². The molecule has 0 aromatic heterocycles. The summed E-state index contributed by atoms with van der Waals surface area (Å²) in [5.41, 5.74) is 3.37. The predicted molar refractivity (Wildman–Crippen MR) is 130 cm³/mol. The Morgan fingerprint density at radius 2 is 1.58 bits per heavy atom. The van der Waals surface area contributed by atoms with Crippen molar-refractivity contribution in [1.82, 2.24) is 5.32 Å². The summed E-state index contributed by atoms with van der Waals surface area (Å²) in [7, 11) is 0. The minimum Gasteiger partial charge on any atom is -0.349 e. The molecule has 5 heteroatoms. The highest BCUT2D eigenvalue weighted by atomic mass is 19.1. The Hall–Kier alpha value is -3.47. The van der Waals surface area contributed by atoms with Gasteiger partial charge in [0.1, 0.15) is 5.82 Å². The van der Waals surface area contributed by atoms with Crippen molar-refractivity contribution in [2.45, 2.75) is 46.2 Å². The van der Waals surface area contributed by atoms with Gasteiger partial charge in [-0.2, -0.15) is 0 Å². The van der Waals surface area contributed by atoms with Crippen molar-refractivity contribution in [2.24, 2.45) is 5.92 Å². The van der Waals surface area contributed by atoms with Crippen LogP contribution in [-0.4, -0.2) is 11.8 Å². The normalized spacial score (nSPS) is 11.8. The second-order valence-corrected chi connectivity index (χ2v) is 8.75. The largest absolute Gasteiger partial charge is 0.349 e. The van der Waals surface area contributed by atoms with Gasteiger partial charge in [-0.05, 0) is 53.8 Å². The van der Waals surface area contributed by atoms with E-state index in [1.165, 1.54) is 12.1 Å². The van der Waals surface area contributed by atoms with Crippen molar-refractivity contribution in [1.29, 1.82) is 0 Å². The number of nitrogens with zero attached hydrogens (tertiary/aromatic N) is 1. The molecule has 2 amide bonds. The van der Waals surface area contributed by atoms with Gasteiger partial charge in [-0.1, -0.05) is 68.4 Å². The zero-order valence-corrected chi connectivity index (χ0v) is 19.4. The second-order valence-electron chi connectivity index (χ2n) is 8.75. The van der Waals surface area contributed by atoms with Crippen molar-refractivity contribution in [3.63, 3.8) is 0 Å². The number of anilines is 1. The Labute approximate surface area is 195 Å². The summed E-state index contributed by atoms with van der Waals surface area (Å²) in [6, 6.07) is 23.5. The van der Waals surface area contributed by atoms with Crippen molar-refractivity contribution >= 4 is 17.5 Å². The van der Waals surface area contributed by atoms with E-state index >= 15 is 0 Å². The van der Waals surface area contributed by atoms with E-state index in [1.807, 2.05) is 81.4 Å². The maximum absolute atomic E-state index is 13.7. The lowest BCUT2D eigenvalue weighted by molar-refractivity contribution is -0.121. The molecular weight excluding hydrogens is 415 g/mol. The van der Waals surface area contributed by atoms with Crippen LogP contribution in [0.5, 0.6) is 0 Å². The highest BCUT2D eigenvalue weighted by Gasteiger charge is 2.18. The summed E-state index contributed by atoms with van der Waals surface area (Å²) >= 11 is 0. The maximum atomic E-state index is 13.7. The predicted octanol–water partition coefficient (Wildman–Crippen LogP) is 5.82. The number of halogens is 1. The first-order valence-corrected chi connectivity index (χ1v) is 11.3. The molecule has 0 heterocycles. The molecule has 0 fully saturated rings. The summed E-state index contributed by atoms with van der Waals surface area (Å²) in [6.07, 6.45) is 0.651. The minimum atomic E-state index is -0.324. The third-order valence-corrected chi connectivity index (χ3v) is 5.40. The zero-order chi connectivity index (χ0) is 23.8. The molecule has 0 aliphatic heterocycles. The number of carbonyl (C=O) groups is 2. The molecule has 33 heavy (non-hydrogen) atoms. The van der Waals surface area contributed by atoms with E-state index in [4.69, 9.17) is 0 Å². The first-order chi connectivity index (χ1) is 15.8. The van der Waals surface area contributed by atoms with E-state index < -0.39 is 0 Å². The molecule has 0 radical (unpaired) electrons. The lowest BCUT2D eigenvalue weighted by atomic mass is 10.1. The minimum absolute atomic E-state index is 0.0172. The molecule has 3 aromatic rings. The van der Waals surface area contributed by atoms with Gasteiger partial charge in [-0.25, -0.2) is 4.39 Å². The molecule has 0 aliphatic rings. The topological polar surface area (TPSA) is 49.4 Å². The van der Waals surface area contributed by atoms with Crippen LogP contribution < -0.4 is 10.2 Å².